The highest BCUT2D eigenvalue weighted by Crippen LogP contribution is 2.42. The first kappa shape index (κ1) is 12.9. The Morgan fingerprint density at radius 2 is 2.15 bits per heavy atom. The maximum absolute atomic E-state index is 5.78. The Hall–Kier alpha value is -2.07. The molecule has 0 amide bonds. The molecule has 0 saturated heterocycles. The van der Waals surface area contributed by atoms with Gasteiger partial charge < -0.3 is 14.8 Å². The van der Waals surface area contributed by atoms with Crippen LogP contribution in [0.5, 0.6) is 11.5 Å². The molecule has 4 nitrogen and oxygen atoms in total. The lowest BCUT2D eigenvalue weighted by molar-refractivity contribution is 0.298. The summed E-state index contributed by atoms with van der Waals surface area (Å²) < 4.78 is 11.2. The van der Waals surface area contributed by atoms with Crippen molar-refractivity contribution in [2.45, 2.75) is 12.0 Å². The SMILES string of the molecule is CNC(c1ncccc1OC)C1COc2ccccc21. The predicted molar refractivity (Wildman–Crippen MR) is 77.3 cm³/mol. The number of rotatable bonds is 4. The summed E-state index contributed by atoms with van der Waals surface area (Å²) >= 11 is 0. The molecule has 2 aromatic rings. The Kier molecular flexibility index (Phi) is 3.56. The molecule has 0 saturated carbocycles. The normalized spacial score (nSPS) is 18.2. The molecule has 1 aromatic heterocycles. The summed E-state index contributed by atoms with van der Waals surface area (Å²) in [5.41, 5.74) is 2.14. The summed E-state index contributed by atoms with van der Waals surface area (Å²) in [7, 11) is 3.62. The van der Waals surface area contributed by atoms with E-state index in [1.54, 1.807) is 13.3 Å². The Morgan fingerprint density at radius 3 is 2.95 bits per heavy atom. The Morgan fingerprint density at radius 1 is 1.30 bits per heavy atom. The standard InChI is InChI=1S/C16H18N2O2/c1-17-15(16-14(19-2)8-5-9-18-16)12-10-20-13-7-4-3-6-11(12)13/h3-9,12,15,17H,10H2,1-2H3. The molecule has 104 valence electrons. The lowest BCUT2D eigenvalue weighted by Gasteiger charge is -2.23. The number of para-hydroxylation sites is 1. The van der Waals surface area contributed by atoms with Gasteiger partial charge in [0.25, 0.3) is 0 Å². The zero-order chi connectivity index (χ0) is 13.9. The number of fused-ring (bicyclic) bond motifs is 1. The van der Waals surface area contributed by atoms with Crippen LogP contribution in [-0.2, 0) is 0 Å². The van der Waals surface area contributed by atoms with E-state index in [4.69, 9.17) is 9.47 Å². The maximum atomic E-state index is 5.78. The minimum Gasteiger partial charge on any atom is -0.495 e. The van der Waals surface area contributed by atoms with Crippen LogP contribution >= 0.6 is 0 Å². The smallest absolute Gasteiger partial charge is 0.142 e. The first-order valence-corrected chi connectivity index (χ1v) is 6.73. The molecule has 0 spiro atoms. The third-order valence-electron chi connectivity index (χ3n) is 3.76. The average Bonchev–Trinajstić information content (AvgIpc) is 2.93. The van der Waals surface area contributed by atoms with Crippen LogP contribution in [0.3, 0.4) is 0 Å². The quantitative estimate of drug-likeness (QED) is 0.927. The second-order valence-electron chi connectivity index (χ2n) is 4.81. The summed E-state index contributed by atoms with van der Waals surface area (Å²) in [4.78, 5) is 4.50. The maximum Gasteiger partial charge on any atom is 0.142 e. The number of likely N-dealkylation sites (N-methyl/N-ethyl adjacent to an activating group) is 1. The van der Waals surface area contributed by atoms with Crippen molar-refractivity contribution in [1.82, 2.24) is 10.3 Å². The van der Waals surface area contributed by atoms with Gasteiger partial charge in [0.2, 0.25) is 0 Å². The van der Waals surface area contributed by atoms with E-state index in [0.717, 1.165) is 17.2 Å². The van der Waals surface area contributed by atoms with Gasteiger partial charge in [0.15, 0.2) is 0 Å². The van der Waals surface area contributed by atoms with Crippen molar-refractivity contribution in [3.8, 4) is 11.5 Å². The largest absolute Gasteiger partial charge is 0.495 e. The number of nitrogens with zero attached hydrogens (tertiary/aromatic N) is 1. The summed E-state index contributed by atoms with van der Waals surface area (Å²) in [5, 5.41) is 3.35. The molecule has 20 heavy (non-hydrogen) atoms. The number of hydrogen-bond donors (Lipinski definition) is 1. The molecule has 3 rings (SSSR count). The summed E-state index contributed by atoms with van der Waals surface area (Å²) in [6.07, 6.45) is 1.80. The average molecular weight is 270 g/mol. The number of hydrogen-bond acceptors (Lipinski definition) is 4. The van der Waals surface area contributed by atoms with Crippen LogP contribution in [0.1, 0.15) is 23.2 Å². The first-order chi connectivity index (χ1) is 9.85. The number of methoxy groups -OCH3 is 1. The van der Waals surface area contributed by atoms with Gasteiger partial charge in [-0.05, 0) is 25.2 Å². The third-order valence-corrected chi connectivity index (χ3v) is 3.76. The number of aromatic nitrogens is 1. The molecule has 1 aromatic carbocycles. The second-order valence-corrected chi connectivity index (χ2v) is 4.81. The monoisotopic (exact) mass is 270 g/mol. The minimum absolute atomic E-state index is 0.0646. The van der Waals surface area contributed by atoms with Gasteiger partial charge in [-0.15, -0.1) is 0 Å². The first-order valence-electron chi connectivity index (χ1n) is 6.73. The molecular formula is C16H18N2O2. The number of pyridine rings is 1. The van der Waals surface area contributed by atoms with Crippen molar-refractivity contribution < 1.29 is 9.47 Å². The van der Waals surface area contributed by atoms with Crippen molar-refractivity contribution in [3.05, 3.63) is 53.9 Å². The van der Waals surface area contributed by atoms with Crippen molar-refractivity contribution in [2.75, 3.05) is 20.8 Å². The predicted octanol–water partition coefficient (Wildman–Crippen LogP) is 2.53. The van der Waals surface area contributed by atoms with E-state index >= 15 is 0 Å². The van der Waals surface area contributed by atoms with Gasteiger partial charge in [-0.25, -0.2) is 0 Å². The molecule has 2 unspecified atom stereocenters. The zero-order valence-electron chi connectivity index (χ0n) is 11.7. The molecule has 0 aliphatic carbocycles. The van der Waals surface area contributed by atoms with E-state index in [0.29, 0.717) is 6.61 Å². The summed E-state index contributed by atoms with van der Waals surface area (Å²) in [5.74, 6) is 2.00. The molecule has 1 aliphatic rings. The van der Waals surface area contributed by atoms with Crippen LogP contribution in [-0.4, -0.2) is 25.7 Å². The lowest BCUT2D eigenvalue weighted by Crippen LogP contribution is -2.26. The van der Waals surface area contributed by atoms with Gasteiger partial charge in [-0.3, -0.25) is 4.98 Å². The van der Waals surface area contributed by atoms with Gasteiger partial charge in [0, 0.05) is 17.7 Å². The Balaban J connectivity index is 1.99. The zero-order valence-corrected chi connectivity index (χ0v) is 11.7. The van der Waals surface area contributed by atoms with E-state index < -0.39 is 0 Å². The second kappa shape index (κ2) is 5.51. The number of benzene rings is 1. The molecule has 2 heterocycles. The highest BCUT2D eigenvalue weighted by atomic mass is 16.5. The molecule has 0 fully saturated rings. The Labute approximate surface area is 118 Å². The fourth-order valence-corrected chi connectivity index (χ4v) is 2.80. The summed E-state index contributed by atoms with van der Waals surface area (Å²) in [6.45, 7) is 0.657. The van der Waals surface area contributed by atoms with E-state index in [1.807, 2.05) is 37.4 Å². The third kappa shape index (κ3) is 2.12. The molecular weight excluding hydrogens is 252 g/mol. The fraction of sp³-hybridized carbons (Fsp3) is 0.312. The molecule has 1 aliphatic heterocycles. The van der Waals surface area contributed by atoms with Crippen LogP contribution in [0, 0.1) is 0 Å². The van der Waals surface area contributed by atoms with Crippen LogP contribution in [0.15, 0.2) is 42.6 Å². The van der Waals surface area contributed by atoms with Gasteiger partial charge >= 0.3 is 0 Å². The highest BCUT2D eigenvalue weighted by molar-refractivity contribution is 5.43. The highest BCUT2D eigenvalue weighted by Gasteiger charge is 2.33. The van der Waals surface area contributed by atoms with E-state index in [9.17, 15) is 0 Å². The number of nitrogens with one attached hydrogen (secondary N) is 1. The van der Waals surface area contributed by atoms with E-state index in [1.165, 1.54) is 5.56 Å². The van der Waals surface area contributed by atoms with Gasteiger partial charge in [0.05, 0.1) is 25.5 Å². The minimum atomic E-state index is 0.0646. The van der Waals surface area contributed by atoms with E-state index in [2.05, 4.69) is 16.4 Å². The molecule has 0 bridgehead atoms. The van der Waals surface area contributed by atoms with Crippen molar-refractivity contribution in [1.29, 1.82) is 0 Å². The van der Waals surface area contributed by atoms with Crippen molar-refractivity contribution >= 4 is 0 Å². The van der Waals surface area contributed by atoms with Gasteiger partial charge in [-0.2, -0.15) is 0 Å². The van der Waals surface area contributed by atoms with Crippen LogP contribution in [0.25, 0.3) is 0 Å². The topological polar surface area (TPSA) is 43.4 Å². The Bertz CT molecular complexity index is 601. The van der Waals surface area contributed by atoms with Crippen LogP contribution in [0.2, 0.25) is 0 Å². The molecule has 4 heteroatoms. The molecule has 1 N–H and O–H groups in total. The van der Waals surface area contributed by atoms with Gasteiger partial charge in [0.1, 0.15) is 11.5 Å². The van der Waals surface area contributed by atoms with Crippen LogP contribution < -0.4 is 14.8 Å². The van der Waals surface area contributed by atoms with Crippen molar-refractivity contribution in [3.63, 3.8) is 0 Å². The molecule has 2 atom stereocenters. The van der Waals surface area contributed by atoms with E-state index in [-0.39, 0.29) is 12.0 Å². The van der Waals surface area contributed by atoms with Gasteiger partial charge in [-0.1, -0.05) is 18.2 Å². The van der Waals surface area contributed by atoms with Crippen LogP contribution in [0.4, 0.5) is 0 Å². The molecule has 0 radical (unpaired) electrons. The fourth-order valence-electron chi connectivity index (χ4n) is 2.80. The lowest BCUT2D eigenvalue weighted by atomic mass is 9.90. The number of ether oxygens (including phenoxy) is 2. The summed E-state index contributed by atoms with van der Waals surface area (Å²) in [6, 6.07) is 12.1. The van der Waals surface area contributed by atoms with Crippen molar-refractivity contribution in [2.24, 2.45) is 0 Å².